The van der Waals surface area contributed by atoms with Gasteiger partial charge in [0.15, 0.2) is 11.0 Å². The van der Waals surface area contributed by atoms with Gasteiger partial charge in [-0.1, -0.05) is 6.92 Å². The van der Waals surface area contributed by atoms with Gasteiger partial charge in [0.2, 0.25) is 0 Å². The summed E-state index contributed by atoms with van der Waals surface area (Å²) in [5.41, 5.74) is 1.30. The molecule has 2 aromatic rings. The molecule has 0 aliphatic rings. The molecule has 0 atom stereocenters. The van der Waals surface area contributed by atoms with Gasteiger partial charge in [0.1, 0.15) is 0 Å². The molecule has 3 heteroatoms. The minimum absolute atomic E-state index is 0.0474. The fraction of sp³-hybridized carbons (Fsp3) is 0.200. The molecule has 0 bridgehead atoms. The van der Waals surface area contributed by atoms with Gasteiger partial charge in [-0.25, -0.2) is 0 Å². The highest BCUT2D eigenvalue weighted by Gasteiger charge is 2.03. The van der Waals surface area contributed by atoms with Gasteiger partial charge in [0.05, 0.1) is 17.8 Å². The minimum Gasteiger partial charge on any atom is -0.462 e. The molecule has 0 amide bonds. The minimum atomic E-state index is 0.0474. The van der Waals surface area contributed by atoms with E-state index in [4.69, 9.17) is 4.42 Å². The van der Waals surface area contributed by atoms with E-state index < -0.39 is 0 Å². The average Bonchev–Trinajstić information content (AvgIpc) is 2.19. The Morgan fingerprint density at radius 3 is 3.15 bits per heavy atom. The molecular formula is C10H9NO2. The SMILES string of the molecule is CCc1coc2cnccc2c1=O. The van der Waals surface area contributed by atoms with Crippen LogP contribution in [-0.2, 0) is 6.42 Å². The molecule has 0 saturated carbocycles. The van der Waals surface area contributed by atoms with Crippen molar-refractivity contribution < 1.29 is 4.42 Å². The number of hydrogen-bond acceptors (Lipinski definition) is 3. The van der Waals surface area contributed by atoms with E-state index >= 15 is 0 Å². The predicted molar refractivity (Wildman–Crippen MR) is 49.7 cm³/mol. The molecule has 0 N–H and O–H groups in total. The van der Waals surface area contributed by atoms with Crippen molar-refractivity contribution in [2.24, 2.45) is 0 Å². The molecule has 13 heavy (non-hydrogen) atoms. The average molecular weight is 175 g/mol. The maximum absolute atomic E-state index is 11.7. The van der Waals surface area contributed by atoms with E-state index in [0.29, 0.717) is 23.0 Å². The van der Waals surface area contributed by atoms with Crippen LogP contribution in [0, 0.1) is 0 Å². The Labute approximate surface area is 75.0 Å². The van der Waals surface area contributed by atoms with Crippen LogP contribution in [-0.4, -0.2) is 4.98 Å². The molecule has 3 nitrogen and oxygen atoms in total. The summed E-state index contributed by atoms with van der Waals surface area (Å²) in [6, 6.07) is 1.68. The van der Waals surface area contributed by atoms with Gasteiger partial charge in [0, 0.05) is 11.8 Å². The molecule has 0 aromatic carbocycles. The van der Waals surface area contributed by atoms with Crippen LogP contribution >= 0.6 is 0 Å². The lowest BCUT2D eigenvalue weighted by Gasteiger charge is -1.97. The van der Waals surface area contributed by atoms with Gasteiger partial charge in [-0.05, 0) is 12.5 Å². The predicted octanol–water partition coefficient (Wildman–Crippen LogP) is 1.75. The summed E-state index contributed by atoms with van der Waals surface area (Å²) < 4.78 is 5.25. The first kappa shape index (κ1) is 7.98. The summed E-state index contributed by atoms with van der Waals surface area (Å²) in [7, 11) is 0. The van der Waals surface area contributed by atoms with Gasteiger partial charge in [-0.3, -0.25) is 9.78 Å². The molecular weight excluding hydrogens is 166 g/mol. The van der Waals surface area contributed by atoms with Gasteiger partial charge in [-0.15, -0.1) is 0 Å². The van der Waals surface area contributed by atoms with E-state index in [0.717, 1.165) is 0 Å². The molecule has 2 heterocycles. The monoisotopic (exact) mass is 175 g/mol. The highest BCUT2D eigenvalue weighted by Crippen LogP contribution is 2.08. The standard InChI is InChI=1S/C10H9NO2/c1-2-7-6-13-9-5-11-4-3-8(9)10(7)12/h3-6H,2H2,1H3. The summed E-state index contributed by atoms with van der Waals surface area (Å²) in [5.74, 6) is 0. The quantitative estimate of drug-likeness (QED) is 0.663. The molecule has 0 unspecified atom stereocenters. The fourth-order valence-corrected chi connectivity index (χ4v) is 1.27. The van der Waals surface area contributed by atoms with Gasteiger partial charge in [-0.2, -0.15) is 0 Å². The normalized spacial score (nSPS) is 10.5. The number of hydrogen-bond donors (Lipinski definition) is 0. The lowest BCUT2D eigenvalue weighted by molar-refractivity contribution is 0.592. The second kappa shape index (κ2) is 3.01. The largest absolute Gasteiger partial charge is 0.462 e. The van der Waals surface area contributed by atoms with Crippen molar-refractivity contribution in [1.82, 2.24) is 4.98 Å². The first-order valence-corrected chi connectivity index (χ1v) is 4.17. The number of nitrogens with zero attached hydrogens (tertiary/aromatic N) is 1. The number of aromatic nitrogens is 1. The van der Waals surface area contributed by atoms with Crippen molar-refractivity contribution in [3.63, 3.8) is 0 Å². The van der Waals surface area contributed by atoms with Crippen molar-refractivity contribution >= 4 is 11.0 Å². The number of aryl methyl sites for hydroxylation is 1. The zero-order valence-electron chi connectivity index (χ0n) is 7.28. The Bertz CT molecular complexity index is 487. The molecule has 0 fully saturated rings. The number of pyridine rings is 1. The molecule has 2 aromatic heterocycles. The van der Waals surface area contributed by atoms with E-state index in [1.54, 1.807) is 18.5 Å². The van der Waals surface area contributed by atoms with Crippen LogP contribution in [0.25, 0.3) is 11.0 Å². The summed E-state index contributed by atoms with van der Waals surface area (Å²) in [5, 5.41) is 0.606. The van der Waals surface area contributed by atoms with Gasteiger partial charge >= 0.3 is 0 Å². The summed E-state index contributed by atoms with van der Waals surface area (Å²) in [4.78, 5) is 15.5. The van der Waals surface area contributed by atoms with Crippen LogP contribution in [0.15, 0.2) is 33.9 Å². The Morgan fingerprint density at radius 1 is 1.54 bits per heavy atom. The Hall–Kier alpha value is -1.64. The Kier molecular flexibility index (Phi) is 1.85. The highest BCUT2D eigenvalue weighted by atomic mass is 16.3. The first-order chi connectivity index (χ1) is 6.33. The lowest BCUT2D eigenvalue weighted by atomic mass is 10.2. The number of fused-ring (bicyclic) bond motifs is 1. The molecule has 0 aliphatic carbocycles. The van der Waals surface area contributed by atoms with E-state index in [1.807, 2.05) is 6.92 Å². The van der Waals surface area contributed by atoms with Crippen molar-refractivity contribution in [2.75, 3.05) is 0 Å². The second-order valence-electron chi connectivity index (χ2n) is 2.82. The van der Waals surface area contributed by atoms with Gasteiger partial charge < -0.3 is 4.42 Å². The Morgan fingerprint density at radius 2 is 2.38 bits per heavy atom. The first-order valence-electron chi connectivity index (χ1n) is 4.17. The van der Waals surface area contributed by atoms with Crippen molar-refractivity contribution in [3.05, 3.63) is 40.5 Å². The topological polar surface area (TPSA) is 43.1 Å². The van der Waals surface area contributed by atoms with Crippen LogP contribution < -0.4 is 5.43 Å². The van der Waals surface area contributed by atoms with E-state index in [2.05, 4.69) is 4.98 Å². The van der Waals surface area contributed by atoms with Crippen LogP contribution in [0.2, 0.25) is 0 Å². The van der Waals surface area contributed by atoms with E-state index in [-0.39, 0.29) is 5.43 Å². The molecule has 0 radical (unpaired) electrons. The van der Waals surface area contributed by atoms with E-state index in [1.165, 1.54) is 6.26 Å². The maximum atomic E-state index is 11.7. The van der Waals surface area contributed by atoms with Crippen molar-refractivity contribution in [1.29, 1.82) is 0 Å². The van der Waals surface area contributed by atoms with Crippen molar-refractivity contribution in [2.45, 2.75) is 13.3 Å². The van der Waals surface area contributed by atoms with Crippen LogP contribution in [0.4, 0.5) is 0 Å². The lowest BCUT2D eigenvalue weighted by Crippen LogP contribution is -2.07. The zero-order valence-corrected chi connectivity index (χ0v) is 7.28. The van der Waals surface area contributed by atoms with Gasteiger partial charge in [0.25, 0.3) is 0 Å². The summed E-state index contributed by atoms with van der Waals surface area (Å²) >= 11 is 0. The smallest absolute Gasteiger partial charge is 0.195 e. The van der Waals surface area contributed by atoms with Crippen LogP contribution in [0.3, 0.4) is 0 Å². The zero-order chi connectivity index (χ0) is 9.26. The van der Waals surface area contributed by atoms with Crippen molar-refractivity contribution in [3.8, 4) is 0 Å². The van der Waals surface area contributed by atoms with Crippen LogP contribution in [0.1, 0.15) is 12.5 Å². The highest BCUT2D eigenvalue weighted by molar-refractivity contribution is 5.75. The maximum Gasteiger partial charge on any atom is 0.195 e. The Balaban J connectivity index is 2.87. The second-order valence-corrected chi connectivity index (χ2v) is 2.82. The number of rotatable bonds is 1. The van der Waals surface area contributed by atoms with Crippen LogP contribution in [0.5, 0.6) is 0 Å². The fourth-order valence-electron chi connectivity index (χ4n) is 1.27. The molecule has 66 valence electrons. The third kappa shape index (κ3) is 1.22. The van der Waals surface area contributed by atoms with E-state index in [9.17, 15) is 4.79 Å². The third-order valence-electron chi connectivity index (χ3n) is 2.03. The molecule has 0 saturated heterocycles. The summed E-state index contributed by atoms with van der Waals surface area (Å²) in [6.07, 6.45) is 5.35. The molecule has 0 spiro atoms. The third-order valence-corrected chi connectivity index (χ3v) is 2.03. The summed E-state index contributed by atoms with van der Waals surface area (Å²) in [6.45, 7) is 1.93. The molecule has 0 aliphatic heterocycles. The molecule has 2 rings (SSSR count).